The van der Waals surface area contributed by atoms with Crippen molar-refractivity contribution in [1.29, 1.82) is 0 Å². The van der Waals surface area contributed by atoms with E-state index in [9.17, 15) is 4.21 Å². The van der Waals surface area contributed by atoms with Crippen LogP contribution in [0.15, 0.2) is 29.2 Å². The van der Waals surface area contributed by atoms with E-state index in [4.69, 9.17) is 4.79 Å². The first-order chi connectivity index (χ1) is 7.24. The van der Waals surface area contributed by atoms with Crippen LogP contribution in [0.25, 0.3) is 0 Å². The lowest BCUT2D eigenvalue weighted by Gasteiger charge is -2.01. The van der Waals surface area contributed by atoms with Crippen LogP contribution in [0, 0.1) is 0 Å². The molecule has 0 spiro atoms. The molecule has 16 heavy (non-hydrogen) atoms. The third kappa shape index (κ3) is 6.44. The van der Waals surface area contributed by atoms with Crippen LogP contribution >= 0.6 is 0 Å². The van der Waals surface area contributed by atoms with Crippen molar-refractivity contribution in [3.05, 3.63) is 29.8 Å². The molecule has 0 fully saturated rings. The molecule has 0 amide bonds. The summed E-state index contributed by atoms with van der Waals surface area (Å²) in [6, 6.07) is 7.93. The van der Waals surface area contributed by atoms with Gasteiger partial charge in [0.1, 0.15) is 6.79 Å². The van der Waals surface area contributed by atoms with Crippen molar-refractivity contribution in [1.82, 2.24) is 5.32 Å². The molecule has 0 saturated carbocycles. The Labute approximate surface area is 100 Å². The van der Waals surface area contributed by atoms with Crippen LogP contribution < -0.4 is 5.32 Å². The molecular formula is C11H21NO3S. The molecular weight excluding hydrogens is 226 g/mol. The van der Waals surface area contributed by atoms with Gasteiger partial charge >= 0.3 is 0 Å². The molecule has 0 saturated heterocycles. The van der Waals surface area contributed by atoms with Gasteiger partial charge in [-0.1, -0.05) is 12.1 Å². The maximum absolute atomic E-state index is 11.1. The molecule has 0 aliphatic carbocycles. The maximum atomic E-state index is 11.1. The SMILES string of the molecule is C=O.CNCCc1ccc(S(C)=O)cc1.O.[HH]. The first-order valence-corrected chi connectivity index (χ1v) is 6.15. The molecule has 1 unspecified atom stereocenters. The van der Waals surface area contributed by atoms with Gasteiger partial charge in [0.25, 0.3) is 0 Å². The average Bonchev–Trinajstić information content (AvgIpc) is 2.29. The first-order valence-electron chi connectivity index (χ1n) is 4.60. The Morgan fingerprint density at radius 2 is 1.81 bits per heavy atom. The third-order valence-electron chi connectivity index (χ3n) is 1.92. The second-order valence-corrected chi connectivity index (χ2v) is 4.33. The standard InChI is InChI=1S/C10H15NOS.CH2O.H2O.H2/c1-11-8-7-9-3-5-10(6-4-9)13(2)12;1-2;;/h3-6,11H,7-8H2,1-2H3;1H2;1H2;1H. The van der Waals surface area contributed by atoms with Crippen LogP contribution in [-0.2, 0) is 22.0 Å². The quantitative estimate of drug-likeness (QED) is 0.837. The molecule has 0 heterocycles. The number of rotatable bonds is 4. The number of likely N-dealkylation sites (N-methyl/N-ethyl adjacent to an activating group) is 1. The Balaban J connectivity index is -0.000000464. The van der Waals surface area contributed by atoms with E-state index < -0.39 is 10.8 Å². The van der Waals surface area contributed by atoms with E-state index >= 15 is 0 Å². The van der Waals surface area contributed by atoms with E-state index in [0.29, 0.717) is 0 Å². The minimum atomic E-state index is -0.859. The highest BCUT2D eigenvalue weighted by Gasteiger charge is 1.96. The monoisotopic (exact) mass is 247 g/mol. The summed E-state index contributed by atoms with van der Waals surface area (Å²) in [4.78, 5) is 8.90. The van der Waals surface area contributed by atoms with Crippen LogP contribution in [0.1, 0.15) is 6.99 Å². The minimum absolute atomic E-state index is 0. The zero-order chi connectivity index (χ0) is 11.7. The highest BCUT2D eigenvalue weighted by Crippen LogP contribution is 2.07. The zero-order valence-electron chi connectivity index (χ0n) is 9.66. The van der Waals surface area contributed by atoms with E-state index in [-0.39, 0.29) is 6.90 Å². The minimum Gasteiger partial charge on any atom is -0.412 e. The third-order valence-corrected chi connectivity index (χ3v) is 2.85. The van der Waals surface area contributed by atoms with E-state index in [1.54, 1.807) is 6.26 Å². The fourth-order valence-electron chi connectivity index (χ4n) is 1.12. The van der Waals surface area contributed by atoms with Gasteiger partial charge in [0.15, 0.2) is 0 Å². The smallest absolute Gasteiger partial charge is 0.106 e. The molecule has 1 rings (SSSR count). The molecule has 1 atom stereocenters. The number of benzene rings is 1. The van der Waals surface area contributed by atoms with Crippen molar-refractivity contribution in [2.45, 2.75) is 11.3 Å². The van der Waals surface area contributed by atoms with Crippen LogP contribution in [0.4, 0.5) is 0 Å². The number of hydrogen-bond donors (Lipinski definition) is 1. The zero-order valence-corrected chi connectivity index (χ0v) is 10.5. The van der Waals surface area contributed by atoms with Gasteiger partial charge in [-0.05, 0) is 37.7 Å². The molecule has 0 radical (unpaired) electrons. The summed E-state index contributed by atoms with van der Waals surface area (Å²) in [5.74, 6) is 0. The Kier molecular flexibility index (Phi) is 11.4. The molecule has 1 aromatic rings. The van der Waals surface area contributed by atoms with Crippen molar-refractivity contribution < 1.29 is 15.9 Å². The fourth-order valence-corrected chi connectivity index (χ4v) is 1.64. The van der Waals surface area contributed by atoms with E-state index in [1.165, 1.54) is 5.56 Å². The Morgan fingerprint density at radius 1 is 1.31 bits per heavy atom. The summed E-state index contributed by atoms with van der Waals surface area (Å²) < 4.78 is 11.1. The molecule has 0 aromatic heterocycles. The predicted molar refractivity (Wildman–Crippen MR) is 69.3 cm³/mol. The van der Waals surface area contributed by atoms with Crippen molar-refractivity contribution in [2.75, 3.05) is 19.8 Å². The summed E-state index contributed by atoms with van der Waals surface area (Å²) >= 11 is 0. The van der Waals surface area contributed by atoms with Crippen LogP contribution in [0.2, 0.25) is 0 Å². The van der Waals surface area contributed by atoms with Gasteiger partial charge in [-0.2, -0.15) is 0 Å². The largest absolute Gasteiger partial charge is 0.412 e. The van der Waals surface area contributed by atoms with Crippen LogP contribution in [0.5, 0.6) is 0 Å². The fraction of sp³-hybridized carbons (Fsp3) is 0.364. The molecule has 3 N–H and O–H groups in total. The molecule has 4 nitrogen and oxygen atoms in total. The Hall–Kier alpha value is -1.04. The van der Waals surface area contributed by atoms with Crippen LogP contribution in [-0.4, -0.2) is 36.3 Å². The van der Waals surface area contributed by atoms with Gasteiger partial charge in [0.2, 0.25) is 0 Å². The molecule has 0 bridgehead atoms. The van der Waals surface area contributed by atoms with Gasteiger partial charge in [-0.25, -0.2) is 0 Å². The van der Waals surface area contributed by atoms with Crippen molar-refractivity contribution in [2.24, 2.45) is 0 Å². The van der Waals surface area contributed by atoms with Gasteiger partial charge in [0, 0.05) is 23.4 Å². The topological polar surface area (TPSA) is 77.7 Å². The second-order valence-electron chi connectivity index (χ2n) is 2.95. The summed E-state index contributed by atoms with van der Waals surface area (Å²) in [5, 5.41) is 3.09. The lowest BCUT2D eigenvalue weighted by Crippen LogP contribution is -2.10. The Bertz CT molecular complexity index is 306. The van der Waals surface area contributed by atoms with Crippen molar-refractivity contribution in [3.63, 3.8) is 0 Å². The van der Waals surface area contributed by atoms with Crippen molar-refractivity contribution >= 4 is 17.6 Å². The first kappa shape index (κ1) is 17.4. The molecule has 94 valence electrons. The number of nitrogens with one attached hydrogen (secondary N) is 1. The Morgan fingerprint density at radius 3 is 2.19 bits per heavy atom. The van der Waals surface area contributed by atoms with Gasteiger partial charge in [-0.15, -0.1) is 0 Å². The molecule has 1 aromatic carbocycles. The van der Waals surface area contributed by atoms with E-state index in [1.807, 2.05) is 38.1 Å². The highest BCUT2D eigenvalue weighted by atomic mass is 32.2. The second kappa shape index (κ2) is 10.5. The van der Waals surface area contributed by atoms with Gasteiger partial charge < -0.3 is 15.6 Å². The lowest BCUT2D eigenvalue weighted by molar-refractivity contribution is -0.0979. The number of carbonyl (C=O) groups excluding carboxylic acids is 1. The summed E-state index contributed by atoms with van der Waals surface area (Å²) in [6.07, 6.45) is 2.72. The summed E-state index contributed by atoms with van der Waals surface area (Å²) in [6.45, 7) is 2.98. The highest BCUT2D eigenvalue weighted by molar-refractivity contribution is 7.84. The number of carbonyl (C=O) groups is 1. The molecule has 5 heteroatoms. The van der Waals surface area contributed by atoms with E-state index in [0.717, 1.165) is 17.9 Å². The van der Waals surface area contributed by atoms with Gasteiger partial charge in [0.05, 0.1) is 0 Å². The average molecular weight is 247 g/mol. The lowest BCUT2D eigenvalue weighted by atomic mass is 10.1. The van der Waals surface area contributed by atoms with Crippen molar-refractivity contribution in [3.8, 4) is 0 Å². The van der Waals surface area contributed by atoms with Gasteiger partial charge in [-0.3, -0.25) is 4.21 Å². The van der Waals surface area contributed by atoms with Crippen LogP contribution in [0.3, 0.4) is 0 Å². The van der Waals surface area contributed by atoms with E-state index in [2.05, 4.69) is 5.32 Å². The molecule has 0 aliphatic heterocycles. The predicted octanol–water partition coefficient (Wildman–Crippen LogP) is 0.422. The normalized spacial score (nSPS) is 10.6. The summed E-state index contributed by atoms with van der Waals surface area (Å²) in [5.41, 5.74) is 1.28. The maximum Gasteiger partial charge on any atom is 0.106 e. The summed E-state index contributed by atoms with van der Waals surface area (Å²) in [7, 11) is 1.08. The molecule has 0 aliphatic rings. The number of hydrogen-bond acceptors (Lipinski definition) is 3.